The van der Waals surface area contributed by atoms with Crippen LogP contribution in [0.5, 0.6) is 0 Å². The highest BCUT2D eigenvalue weighted by Gasteiger charge is 2.25. The molecule has 31 heavy (non-hydrogen) atoms. The highest BCUT2D eigenvalue weighted by atomic mass is 16.2. The van der Waals surface area contributed by atoms with Crippen LogP contribution in [-0.2, 0) is 10.2 Å². The lowest BCUT2D eigenvalue weighted by atomic mass is 9.86. The lowest BCUT2D eigenvalue weighted by Crippen LogP contribution is -2.47. The van der Waals surface area contributed by atoms with Crippen molar-refractivity contribution in [2.45, 2.75) is 46.1 Å². The van der Waals surface area contributed by atoms with Gasteiger partial charge in [-0.1, -0.05) is 46.8 Å². The highest BCUT2D eigenvalue weighted by Crippen LogP contribution is 2.22. The van der Waals surface area contributed by atoms with E-state index in [4.69, 9.17) is 0 Å². The monoisotopic (exact) mass is 423 g/mol. The predicted octanol–water partition coefficient (Wildman–Crippen LogP) is 4.08. The number of anilines is 1. The molecule has 1 unspecified atom stereocenters. The summed E-state index contributed by atoms with van der Waals surface area (Å²) in [6.45, 7) is 10.1. The van der Waals surface area contributed by atoms with E-state index < -0.39 is 6.04 Å². The molecule has 2 aromatic carbocycles. The van der Waals surface area contributed by atoms with Crippen molar-refractivity contribution in [1.29, 1.82) is 0 Å². The van der Waals surface area contributed by atoms with Gasteiger partial charge in [0.2, 0.25) is 5.91 Å². The molecule has 0 radical (unpaired) electrons. The normalized spacial score (nSPS) is 12.3. The molecule has 3 amide bonds. The van der Waals surface area contributed by atoms with Gasteiger partial charge in [-0.05, 0) is 53.3 Å². The summed E-state index contributed by atoms with van der Waals surface area (Å²) in [7, 11) is 3.37. The Labute approximate surface area is 185 Å². The third kappa shape index (κ3) is 6.41. The van der Waals surface area contributed by atoms with Crippen LogP contribution in [0.15, 0.2) is 48.5 Å². The van der Waals surface area contributed by atoms with Gasteiger partial charge in [-0.3, -0.25) is 14.4 Å². The fourth-order valence-corrected chi connectivity index (χ4v) is 3.06. The van der Waals surface area contributed by atoms with Crippen molar-refractivity contribution in [3.63, 3.8) is 0 Å². The van der Waals surface area contributed by atoms with E-state index in [-0.39, 0.29) is 29.1 Å². The summed E-state index contributed by atoms with van der Waals surface area (Å²) in [6.07, 6.45) is 0. The van der Waals surface area contributed by atoms with Crippen molar-refractivity contribution in [3.05, 3.63) is 65.2 Å². The summed E-state index contributed by atoms with van der Waals surface area (Å²) in [5.41, 5.74) is 2.75. The number of nitrogens with one attached hydrogen (secondary N) is 2. The number of hydrogen-bond acceptors (Lipinski definition) is 3. The van der Waals surface area contributed by atoms with E-state index in [1.165, 1.54) is 4.90 Å². The second-order valence-corrected chi connectivity index (χ2v) is 9.29. The maximum absolute atomic E-state index is 12.8. The Hall–Kier alpha value is -3.15. The molecule has 166 valence electrons. The molecule has 0 aliphatic rings. The second kappa shape index (κ2) is 9.77. The molecule has 2 rings (SSSR count). The van der Waals surface area contributed by atoms with E-state index in [0.717, 1.165) is 5.56 Å². The Morgan fingerprint density at radius 3 is 1.81 bits per heavy atom. The molecular weight excluding hydrogens is 390 g/mol. The van der Waals surface area contributed by atoms with Gasteiger partial charge < -0.3 is 15.5 Å². The summed E-state index contributed by atoms with van der Waals surface area (Å²) in [6, 6.07) is 13.4. The van der Waals surface area contributed by atoms with Crippen molar-refractivity contribution in [1.82, 2.24) is 10.2 Å². The fourth-order valence-electron chi connectivity index (χ4n) is 3.06. The molecule has 1 atom stereocenters. The zero-order valence-electron chi connectivity index (χ0n) is 19.4. The van der Waals surface area contributed by atoms with Gasteiger partial charge in [-0.2, -0.15) is 0 Å². The van der Waals surface area contributed by atoms with E-state index in [1.807, 2.05) is 26.0 Å². The predicted molar refractivity (Wildman–Crippen MR) is 124 cm³/mol. The van der Waals surface area contributed by atoms with Crippen LogP contribution in [0, 0.1) is 5.92 Å². The van der Waals surface area contributed by atoms with Gasteiger partial charge in [0.25, 0.3) is 11.8 Å². The number of rotatable bonds is 6. The van der Waals surface area contributed by atoms with Crippen molar-refractivity contribution >= 4 is 23.4 Å². The fraction of sp³-hybridized carbons (Fsp3) is 0.400. The van der Waals surface area contributed by atoms with Gasteiger partial charge in [0.1, 0.15) is 6.04 Å². The van der Waals surface area contributed by atoms with Crippen LogP contribution in [0.3, 0.4) is 0 Å². The molecule has 0 saturated heterocycles. The molecule has 6 heteroatoms. The van der Waals surface area contributed by atoms with Crippen LogP contribution in [0.4, 0.5) is 5.69 Å². The van der Waals surface area contributed by atoms with Crippen LogP contribution in [0.1, 0.15) is 60.9 Å². The lowest BCUT2D eigenvalue weighted by molar-refractivity contribution is -0.118. The molecule has 0 spiro atoms. The Balaban J connectivity index is 2.08. The Kier molecular flexibility index (Phi) is 7.60. The minimum Gasteiger partial charge on any atom is -0.345 e. The Morgan fingerprint density at radius 1 is 0.839 bits per heavy atom. The molecule has 2 N–H and O–H groups in total. The Morgan fingerprint density at radius 2 is 1.35 bits per heavy atom. The third-order valence-corrected chi connectivity index (χ3v) is 5.05. The largest absolute Gasteiger partial charge is 0.345 e. The van der Waals surface area contributed by atoms with E-state index in [9.17, 15) is 14.4 Å². The van der Waals surface area contributed by atoms with Crippen molar-refractivity contribution in [3.8, 4) is 0 Å². The SMILES string of the molecule is CC(C)C(NC(=O)c1ccc(C(C)(C)C)cc1)C(=O)Nc1ccc(C(=O)N(C)C)cc1. The quantitative estimate of drug-likeness (QED) is 0.735. The van der Waals surface area contributed by atoms with E-state index in [1.54, 1.807) is 50.5 Å². The van der Waals surface area contributed by atoms with Crippen LogP contribution < -0.4 is 10.6 Å². The van der Waals surface area contributed by atoms with Gasteiger partial charge in [0.15, 0.2) is 0 Å². The first-order valence-electron chi connectivity index (χ1n) is 10.4. The maximum Gasteiger partial charge on any atom is 0.253 e. The number of benzene rings is 2. The molecule has 6 nitrogen and oxygen atoms in total. The summed E-state index contributed by atoms with van der Waals surface area (Å²) < 4.78 is 0. The van der Waals surface area contributed by atoms with Crippen molar-refractivity contribution in [2.75, 3.05) is 19.4 Å². The summed E-state index contributed by atoms with van der Waals surface area (Å²) in [4.78, 5) is 39.1. The molecule has 0 aromatic heterocycles. The van der Waals surface area contributed by atoms with Gasteiger partial charge in [0, 0.05) is 30.9 Å². The topological polar surface area (TPSA) is 78.5 Å². The first-order chi connectivity index (χ1) is 14.4. The number of carbonyl (C=O) groups is 3. The highest BCUT2D eigenvalue weighted by molar-refractivity contribution is 6.01. The number of hydrogen-bond donors (Lipinski definition) is 2. The number of carbonyl (C=O) groups excluding carboxylic acids is 3. The molecule has 0 saturated carbocycles. The van der Waals surface area contributed by atoms with Crippen LogP contribution in [-0.4, -0.2) is 42.8 Å². The molecule has 0 fully saturated rings. The summed E-state index contributed by atoms with van der Waals surface area (Å²) in [5.74, 6) is -0.808. The van der Waals surface area contributed by atoms with Gasteiger partial charge >= 0.3 is 0 Å². The third-order valence-electron chi connectivity index (χ3n) is 5.05. The van der Waals surface area contributed by atoms with Crippen molar-refractivity contribution < 1.29 is 14.4 Å². The van der Waals surface area contributed by atoms with Crippen molar-refractivity contribution in [2.24, 2.45) is 5.92 Å². The van der Waals surface area contributed by atoms with Crippen LogP contribution in [0.2, 0.25) is 0 Å². The number of amides is 3. The Bertz CT molecular complexity index is 924. The zero-order valence-corrected chi connectivity index (χ0v) is 19.4. The van der Waals surface area contributed by atoms with Gasteiger partial charge in [-0.25, -0.2) is 0 Å². The van der Waals surface area contributed by atoms with Crippen LogP contribution in [0.25, 0.3) is 0 Å². The van der Waals surface area contributed by atoms with E-state index >= 15 is 0 Å². The summed E-state index contributed by atoms with van der Waals surface area (Å²) in [5, 5.41) is 5.67. The summed E-state index contributed by atoms with van der Waals surface area (Å²) >= 11 is 0. The average molecular weight is 424 g/mol. The molecule has 2 aromatic rings. The zero-order chi connectivity index (χ0) is 23.3. The van der Waals surface area contributed by atoms with E-state index in [0.29, 0.717) is 16.8 Å². The molecule has 0 aliphatic carbocycles. The second-order valence-electron chi connectivity index (χ2n) is 9.29. The minimum atomic E-state index is -0.696. The first kappa shape index (κ1) is 24.1. The number of nitrogens with zero attached hydrogens (tertiary/aromatic N) is 1. The lowest BCUT2D eigenvalue weighted by Gasteiger charge is -2.22. The first-order valence-corrected chi connectivity index (χ1v) is 10.4. The molecule has 0 bridgehead atoms. The average Bonchev–Trinajstić information content (AvgIpc) is 2.70. The van der Waals surface area contributed by atoms with Crippen LogP contribution >= 0.6 is 0 Å². The molecule has 0 aliphatic heterocycles. The molecule has 0 heterocycles. The van der Waals surface area contributed by atoms with Gasteiger partial charge in [-0.15, -0.1) is 0 Å². The molecular formula is C25H33N3O3. The maximum atomic E-state index is 12.8. The smallest absolute Gasteiger partial charge is 0.253 e. The van der Waals surface area contributed by atoms with Gasteiger partial charge in [0.05, 0.1) is 0 Å². The standard InChI is InChI=1S/C25H33N3O3/c1-16(2)21(27-22(29)17-8-12-19(13-9-17)25(3,4)5)23(30)26-20-14-10-18(11-15-20)24(31)28(6)7/h8-16,21H,1-7H3,(H,26,30)(H,27,29). The minimum absolute atomic E-state index is 0.00205. The van der Waals surface area contributed by atoms with E-state index in [2.05, 4.69) is 31.4 Å².